The predicted molar refractivity (Wildman–Crippen MR) is 136 cm³/mol. The number of carbonyl (C=O) groups is 1. The zero-order chi connectivity index (χ0) is 25.4. The summed E-state index contributed by atoms with van der Waals surface area (Å²) in [4.78, 5) is 13.7. The molecule has 2 fully saturated rings. The molecule has 1 aliphatic heterocycles. The molecule has 0 atom stereocenters. The Morgan fingerprint density at radius 3 is 2.69 bits per heavy atom. The highest BCUT2D eigenvalue weighted by atomic mass is 35.5. The third-order valence-electron chi connectivity index (χ3n) is 8.20. The van der Waals surface area contributed by atoms with Gasteiger partial charge in [-0.2, -0.15) is 10.2 Å². The molecule has 36 heavy (non-hydrogen) atoms. The van der Waals surface area contributed by atoms with Crippen LogP contribution in [0.15, 0.2) is 31.0 Å². The second kappa shape index (κ2) is 8.00. The second-order valence-electron chi connectivity index (χ2n) is 10.7. The van der Waals surface area contributed by atoms with Crippen LogP contribution in [-0.4, -0.2) is 49.8 Å². The Morgan fingerprint density at radius 1 is 1.28 bits per heavy atom. The molecule has 1 aromatic carbocycles. The van der Waals surface area contributed by atoms with Gasteiger partial charge in [-0.1, -0.05) is 24.3 Å². The quantitative estimate of drug-likeness (QED) is 0.421. The van der Waals surface area contributed by atoms with E-state index in [9.17, 15) is 13.6 Å². The van der Waals surface area contributed by atoms with Gasteiger partial charge in [-0.25, -0.2) is 8.78 Å². The number of benzene rings is 1. The summed E-state index contributed by atoms with van der Waals surface area (Å²) in [6, 6.07) is 2.16. The number of halogens is 3. The van der Waals surface area contributed by atoms with E-state index < -0.39 is 5.92 Å². The maximum absolute atomic E-state index is 14.0. The molecule has 6 rings (SSSR count). The van der Waals surface area contributed by atoms with Gasteiger partial charge in [-0.05, 0) is 56.4 Å². The van der Waals surface area contributed by atoms with E-state index >= 15 is 0 Å². The number of likely N-dealkylation sites (tertiary alicyclic amines) is 1. The molecule has 6 nitrogen and oxygen atoms in total. The van der Waals surface area contributed by atoms with Gasteiger partial charge in [0.2, 0.25) is 5.91 Å². The van der Waals surface area contributed by atoms with Gasteiger partial charge in [-0.15, -0.1) is 0 Å². The molecular weight excluding hydrogens is 484 g/mol. The fourth-order valence-corrected chi connectivity index (χ4v) is 6.52. The summed E-state index contributed by atoms with van der Waals surface area (Å²) < 4.78 is 30.0. The van der Waals surface area contributed by atoms with E-state index in [2.05, 4.69) is 21.5 Å². The van der Waals surface area contributed by atoms with Crippen molar-refractivity contribution in [3.63, 3.8) is 0 Å². The van der Waals surface area contributed by atoms with Crippen LogP contribution in [0.4, 0.5) is 8.78 Å². The lowest BCUT2D eigenvalue weighted by Crippen LogP contribution is -2.63. The number of fused-ring (bicyclic) bond motifs is 1. The number of H-pyrrole nitrogens is 1. The first-order valence-corrected chi connectivity index (χ1v) is 12.7. The molecule has 3 aromatic rings. The van der Waals surface area contributed by atoms with Crippen molar-refractivity contribution < 1.29 is 13.6 Å². The lowest BCUT2D eigenvalue weighted by atomic mass is 9.60. The van der Waals surface area contributed by atoms with Crippen LogP contribution >= 0.6 is 11.6 Å². The summed E-state index contributed by atoms with van der Waals surface area (Å²) in [6.07, 6.45) is 6.41. The van der Waals surface area contributed by atoms with Crippen molar-refractivity contribution >= 4 is 34.0 Å². The van der Waals surface area contributed by atoms with Crippen molar-refractivity contribution in [2.75, 3.05) is 13.1 Å². The minimum atomic E-state index is -2.68. The van der Waals surface area contributed by atoms with Gasteiger partial charge >= 0.3 is 0 Å². The van der Waals surface area contributed by atoms with Crippen LogP contribution in [0.3, 0.4) is 0 Å². The number of rotatable bonds is 4. The Morgan fingerprint density at radius 2 is 2.03 bits per heavy atom. The number of allylic oxidation sites excluding steroid dienone is 2. The van der Waals surface area contributed by atoms with E-state index in [0.717, 1.165) is 70.5 Å². The minimum absolute atomic E-state index is 0.0248. The van der Waals surface area contributed by atoms with Crippen LogP contribution < -0.4 is 0 Å². The molecule has 9 heteroatoms. The van der Waals surface area contributed by atoms with Crippen LogP contribution in [0.2, 0.25) is 5.02 Å². The van der Waals surface area contributed by atoms with E-state index in [-0.39, 0.29) is 36.6 Å². The summed E-state index contributed by atoms with van der Waals surface area (Å²) in [5.74, 6) is -2.71. The fourth-order valence-electron chi connectivity index (χ4n) is 6.27. The first kappa shape index (κ1) is 23.4. The predicted octanol–water partition coefficient (Wildman–Crippen LogP) is 6.25. The number of carbonyl (C=O) groups excluding carboxylic acids is 1. The molecule has 0 radical (unpaired) electrons. The van der Waals surface area contributed by atoms with Crippen LogP contribution in [0.1, 0.15) is 55.1 Å². The smallest absolute Gasteiger partial charge is 0.251 e. The summed E-state index contributed by atoms with van der Waals surface area (Å²) >= 11 is 6.90. The Labute approximate surface area is 213 Å². The molecule has 1 spiro atoms. The number of hydrogen-bond donors (Lipinski definition) is 1. The van der Waals surface area contributed by atoms with Gasteiger partial charge in [0.05, 0.1) is 28.5 Å². The SMILES string of the molecule is C=CC(=O)N1CC2(CC(n3nc(C4=CCC(F)(F)CC4)c(-c4c(Cl)c(C)cc5[nH]ncc45)c3C)C2)C1. The maximum atomic E-state index is 14.0. The Kier molecular flexibility index (Phi) is 5.20. The normalized spacial score (nSPS) is 20.8. The molecule has 1 amide bonds. The average Bonchev–Trinajstić information content (AvgIpc) is 3.37. The van der Waals surface area contributed by atoms with Crippen molar-refractivity contribution in [1.82, 2.24) is 24.9 Å². The first-order valence-electron chi connectivity index (χ1n) is 12.3. The van der Waals surface area contributed by atoms with Gasteiger partial charge < -0.3 is 4.90 Å². The lowest BCUT2D eigenvalue weighted by Gasteiger charge is -2.58. The number of nitrogens with zero attached hydrogens (tertiary/aromatic N) is 4. The van der Waals surface area contributed by atoms with Gasteiger partial charge in [0.25, 0.3) is 5.92 Å². The minimum Gasteiger partial charge on any atom is -0.338 e. The molecule has 0 unspecified atom stereocenters. The number of hydrogen-bond acceptors (Lipinski definition) is 3. The number of alkyl halides is 2. The Bertz CT molecular complexity index is 1440. The Balaban J connectivity index is 1.43. The van der Waals surface area contributed by atoms with Crippen LogP contribution in [-0.2, 0) is 4.79 Å². The summed E-state index contributed by atoms with van der Waals surface area (Å²) in [6.45, 7) is 9.06. The summed E-state index contributed by atoms with van der Waals surface area (Å²) in [5.41, 5.74) is 6.20. The molecule has 188 valence electrons. The van der Waals surface area contributed by atoms with Crippen LogP contribution in [0.25, 0.3) is 27.6 Å². The highest BCUT2D eigenvalue weighted by Gasteiger charge is 2.54. The molecule has 3 aliphatic rings. The van der Waals surface area contributed by atoms with E-state index in [1.54, 1.807) is 12.3 Å². The van der Waals surface area contributed by atoms with E-state index in [0.29, 0.717) is 5.02 Å². The fraction of sp³-hybridized carbons (Fsp3) is 0.444. The molecule has 2 aromatic heterocycles. The van der Waals surface area contributed by atoms with Crippen LogP contribution in [0, 0.1) is 19.3 Å². The summed E-state index contributed by atoms with van der Waals surface area (Å²) in [7, 11) is 0. The zero-order valence-corrected chi connectivity index (χ0v) is 21.1. The molecular formula is C27H28ClF2N5O. The van der Waals surface area contributed by atoms with Crippen molar-refractivity contribution in [2.24, 2.45) is 5.41 Å². The second-order valence-corrected chi connectivity index (χ2v) is 11.1. The number of aromatic amines is 1. The number of aryl methyl sites for hydroxylation is 1. The maximum Gasteiger partial charge on any atom is 0.251 e. The topological polar surface area (TPSA) is 66.8 Å². The highest BCUT2D eigenvalue weighted by molar-refractivity contribution is 6.36. The average molecular weight is 512 g/mol. The van der Waals surface area contributed by atoms with Crippen molar-refractivity contribution in [3.05, 3.63) is 53.0 Å². The molecule has 0 bridgehead atoms. The monoisotopic (exact) mass is 511 g/mol. The van der Waals surface area contributed by atoms with Gasteiger partial charge in [-0.3, -0.25) is 14.6 Å². The van der Waals surface area contributed by atoms with Gasteiger partial charge in [0, 0.05) is 53.6 Å². The third-order valence-corrected chi connectivity index (χ3v) is 8.69. The largest absolute Gasteiger partial charge is 0.338 e. The molecule has 2 aliphatic carbocycles. The Hall–Kier alpha value is -3.00. The number of amides is 1. The molecule has 1 saturated carbocycles. The summed E-state index contributed by atoms with van der Waals surface area (Å²) in [5, 5.41) is 13.8. The van der Waals surface area contributed by atoms with Crippen molar-refractivity contribution in [3.8, 4) is 11.1 Å². The molecule has 1 N–H and O–H groups in total. The van der Waals surface area contributed by atoms with Crippen molar-refractivity contribution in [2.45, 2.75) is 57.9 Å². The molecule has 1 saturated heterocycles. The highest BCUT2D eigenvalue weighted by Crippen LogP contribution is 2.55. The number of aromatic nitrogens is 4. The van der Waals surface area contributed by atoms with Gasteiger partial charge in [0.15, 0.2) is 0 Å². The van der Waals surface area contributed by atoms with E-state index in [1.165, 1.54) is 6.08 Å². The van der Waals surface area contributed by atoms with Crippen LogP contribution in [0.5, 0.6) is 0 Å². The standard InChI is InChI=1S/C27H28ClF2N5O/c1-4-21(36)34-13-26(14-34)10-18(11-26)35-16(3)22(25(33-35)17-5-7-27(29,30)8-6-17)23-19-12-31-32-20(19)9-15(2)24(23)28/h4-5,9,12,18H,1,6-8,10-11,13-14H2,2-3H3,(H,31,32). The molecule has 3 heterocycles. The van der Waals surface area contributed by atoms with E-state index in [1.807, 2.05) is 24.8 Å². The third kappa shape index (κ3) is 3.52. The first-order chi connectivity index (χ1) is 17.1. The van der Waals surface area contributed by atoms with E-state index in [4.69, 9.17) is 16.7 Å². The lowest BCUT2D eigenvalue weighted by molar-refractivity contribution is -0.149. The van der Waals surface area contributed by atoms with Gasteiger partial charge in [0.1, 0.15) is 0 Å². The number of nitrogens with one attached hydrogen (secondary N) is 1. The zero-order valence-electron chi connectivity index (χ0n) is 20.4. The van der Waals surface area contributed by atoms with Crippen molar-refractivity contribution in [1.29, 1.82) is 0 Å².